The number of rotatable bonds is 13. The quantitative estimate of drug-likeness (QED) is 0.385. The van der Waals surface area contributed by atoms with Crippen LogP contribution in [0.2, 0.25) is 0 Å². The van der Waals surface area contributed by atoms with Crippen LogP contribution in [0, 0.1) is 0 Å². The van der Waals surface area contributed by atoms with E-state index in [9.17, 15) is 9.59 Å². The van der Waals surface area contributed by atoms with Crippen molar-refractivity contribution in [2.75, 3.05) is 33.5 Å². The molecule has 0 spiro atoms. The number of esters is 1. The van der Waals surface area contributed by atoms with Crippen LogP contribution in [0.25, 0.3) is 0 Å². The summed E-state index contributed by atoms with van der Waals surface area (Å²) >= 11 is 0. The van der Waals surface area contributed by atoms with E-state index in [0.717, 1.165) is 24.2 Å². The Morgan fingerprint density at radius 3 is 2.42 bits per heavy atom. The monoisotopic (exact) mass is 429 g/mol. The number of hydrogen-bond acceptors (Lipinski definition) is 6. The van der Waals surface area contributed by atoms with Crippen LogP contribution in [-0.4, -0.2) is 45.4 Å². The van der Waals surface area contributed by atoms with Gasteiger partial charge in [-0.15, -0.1) is 0 Å². The summed E-state index contributed by atoms with van der Waals surface area (Å²) in [5.41, 5.74) is 1.38. The van der Waals surface area contributed by atoms with Crippen LogP contribution in [0.1, 0.15) is 42.6 Å². The highest BCUT2D eigenvalue weighted by atomic mass is 16.5. The molecule has 168 valence electrons. The number of nitrogens with one attached hydrogen (secondary N) is 1. The molecule has 0 fully saturated rings. The van der Waals surface area contributed by atoms with Crippen molar-refractivity contribution >= 4 is 11.9 Å². The summed E-state index contributed by atoms with van der Waals surface area (Å²) in [5.74, 6) is 0.908. The van der Waals surface area contributed by atoms with Gasteiger partial charge in [0.1, 0.15) is 5.75 Å². The fourth-order valence-corrected chi connectivity index (χ4v) is 2.75. The molecule has 2 aromatic rings. The van der Waals surface area contributed by atoms with Crippen molar-refractivity contribution in [3.63, 3.8) is 0 Å². The first-order valence-electron chi connectivity index (χ1n) is 10.5. The van der Waals surface area contributed by atoms with Gasteiger partial charge in [-0.2, -0.15) is 0 Å². The van der Waals surface area contributed by atoms with E-state index in [0.29, 0.717) is 43.2 Å². The molecule has 31 heavy (non-hydrogen) atoms. The number of carbonyl (C=O) groups excluding carboxylic acids is 2. The SMILES string of the molecule is CCCCOc1ccc(C(=O)OCC(=O)NCCc2ccc(OC)cc2)cc1OCC. The Bertz CT molecular complexity index is 834. The van der Waals surface area contributed by atoms with Gasteiger partial charge in [0.15, 0.2) is 18.1 Å². The van der Waals surface area contributed by atoms with Crippen LogP contribution >= 0.6 is 0 Å². The van der Waals surface area contributed by atoms with Gasteiger partial charge in [-0.25, -0.2) is 4.79 Å². The maximum atomic E-state index is 12.3. The van der Waals surface area contributed by atoms with Gasteiger partial charge >= 0.3 is 5.97 Å². The van der Waals surface area contributed by atoms with E-state index in [-0.39, 0.29) is 12.5 Å². The van der Waals surface area contributed by atoms with Crippen LogP contribution < -0.4 is 19.5 Å². The third kappa shape index (κ3) is 8.20. The van der Waals surface area contributed by atoms with Gasteiger partial charge in [0.25, 0.3) is 5.91 Å². The number of hydrogen-bond donors (Lipinski definition) is 1. The molecule has 2 rings (SSSR count). The minimum atomic E-state index is -0.591. The van der Waals surface area contributed by atoms with E-state index in [1.807, 2.05) is 31.2 Å². The van der Waals surface area contributed by atoms with Gasteiger partial charge < -0.3 is 24.3 Å². The molecular formula is C24H31NO6. The molecule has 0 unspecified atom stereocenters. The van der Waals surface area contributed by atoms with Gasteiger partial charge in [0, 0.05) is 6.54 Å². The zero-order valence-electron chi connectivity index (χ0n) is 18.4. The highest BCUT2D eigenvalue weighted by Gasteiger charge is 2.14. The van der Waals surface area contributed by atoms with Crippen LogP contribution in [0.15, 0.2) is 42.5 Å². The zero-order valence-corrected chi connectivity index (χ0v) is 18.4. The second-order valence-corrected chi connectivity index (χ2v) is 6.82. The minimum Gasteiger partial charge on any atom is -0.497 e. The van der Waals surface area contributed by atoms with Crippen molar-refractivity contribution in [3.8, 4) is 17.2 Å². The van der Waals surface area contributed by atoms with Crippen LogP contribution in [0.5, 0.6) is 17.2 Å². The van der Waals surface area contributed by atoms with E-state index >= 15 is 0 Å². The predicted octanol–water partition coefficient (Wildman–Crippen LogP) is 3.79. The summed E-state index contributed by atoms with van der Waals surface area (Å²) in [4.78, 5) is 24.3. The van der Waals surface area contributed by atoms with Crippen LogP contribution in [-0.2, 0) is 16.0 Å². The van der Waals surface area contributed by atoms with E-state index in [1.54, 1.807) is 25.3 Å². The Kier molecular flexibility index (Phi) is 10.2. The fourth-order valence-electron chi connectivity index (χ4n) is 2.75. The summed E-state index contributed by atoms with van der Waals surface area (Å²) in [6, 6.07) is 12.5. The van der Waals surface area contributed by atoms with Gasteiger partial charge in [-0.05, 0) is 55.7 Å². The van der Waals surface area contributed by atoms with E-state index < -0.39 is 5.97 Å². The molecule has 0 atom stereocenters. The van der Waals surface area contributed by atoms with E-state index in [1.165, 1.54) is 0 Å². The smallest absolute Gasteiger partial charge is 0.338 e. The first-order valence-corrected chi connectivity index (χ1v) is 10.5. The lowest BCUT2D eigenvalue weighted by molar-refractivity contribution is -0.124. The van der Waals surface area contributed by atoms with Gasteiger partial charge in [-0.1, -0.05) is 25.5 Å². The van der Waals surface area contributed by atoms with Gasteiger partial charge in [0.05, 0.1) is 25.9 Å². The second kappa shape index (κ2) is 13.2. The summed E-state index contributed by atoms with van der Waals surface area (Å²) in [6.45, 7) is 5.07. The summed E-state index contributed by atoms with van der Waals surface area (Å²) in [5, 5.41) is 2.74. The fraction of sp³-hybridized carbons (Fsp3) is 0.417. The molecule has 7 nitrogen and oxygen atoms in total. The van der Waals surface area contributed by atoms with Crippen LogP contribution in [0.3, 0.4) is 0 Å². The third-order valence-corrected chi connectivity index (χ3v) is 4.46. The largest absolute Gasteiger partial charge is 0.497 e. The van der Waals surface area contributed by atoms with E-state index in [2.05, 4.69) is 12.2 Å². The molecule has 0 saturated carbocycles. The number of benzene rings is 2. The van der Waals surface area contributed by atoms with Gasteiger partial charge in [-0.3, -0.25) is 4.79 Å². The Balaban J connectivity index is 1.80. The topological polar surface area (TPSA) is 83.1 Å². The van der Waals surface area contributed by atoms with Gasteiger partial charge in [0.2, 0.25) is 0 Å². The first kappa shape index (κ1) is 24.1. The molecule has 0 aliphatic carbocycles. The summed E-state index contributed by atoms with van der Waals surface area (Å²) in [6.07, 6.45) is 2.63. The average molecular weight is 430 g/mol. The number of amides is 1. The Hall–Kier alpha value is -3.22. The third-order valence-electron chi connectivity index (χ3n) is 4.46. The van der Waals surface area contributed by atoms with Crippen molar-refractivity contribution in [1.29, 1.82) is 0 Å². The molecule has 0 bridgehead atoms. The lowest BCUT2D eigenvalue weighted by atomic mass is 10.1. The molecule has 0 saturated heterocycles. The number of methoxy groups -OCH3 is 1. The Morgan fingerprint density at radius 1 is 0.968 bits per heavy atom. The molecule has 0 heterocycles. The molecule has 1 N–H and O–H groups in total. The first-order chi connectivity index (χ1) is 15.1. The number of unbranched alkanes of at least 4 members (excludes halogenated alkanes) is 1. The van der Waals surface area contributed by atoms with Crippen molar-refractivity contribution in [2.45, 2.75) is 33.1 Å². The molecule has 7 heteroatoms. The molecule has 2 aromatic carbocycles. The molecule has 0 aliphatic heterocycles. The summed E-state index contributed by atoms with van der Waals surface area (Å²) < 4.78 is 21.5. The molecule has 1 amide bonds. The number of carbonyl (C=O) groups is 2. The van der Waals surface area contributed by atoms with E-state index in [4.69, 9.17) is 18.9 Å². The van der Waals surface area contributed by atoms with Crippen LogP contribution in [0.4, 0.5) is 0 Å². The Morgan fingerprint density at radius 2 is 1.74 bits per heavy atom. The van der Waals surface area contributed by atoms with Crippen molar-refractivity contribution in [2.24, 2.45) is 0 Å². The zero-order chi connectivity index (χ0) is 22.5. The highest BCUT2D eigenvalue weighted by Crippen LogP contribution is 2.29. The summed E-state index contributed by atoms with van der Waals surface area (Å²) in [7, 11) is 1.61. The minimum absolute atomic E-state index is 0.303. The predicted molar refractivity (Wildman–Crippen MR) is 118 cm³/mol. The lowest BCUT2D eigenvalue weighted by Gasteiger charge is -2.13. The maximum Gasteiger partial charge on any atom is 0.338 e. The van der Waals surface area contributed by atoms with Crippen molar-refractivity contribution in [3.05, 3.63) is 53.6 Å². The standard InChI is InChI=1S/C24H31NO6/c1-4-6-15-30-21-12-9-19(16-22(21)29-5-2)24(27)31-17-23(26)25-14-13-18-7-10-20(28-3)11-8-18/h7-12,16H,4-6,13-15,17H2,1-3H3,(H,25,26). The lowest BCUT2D eigenvalue weighted by Crippen LogP contribution is -2.30. The maximum absolute atomic E-state index is 12.3. The number of ether oxygens (including phenoxy) is 4. The molecule has 0 aromatic heterocycles. The molecule has 0 radical (unpaired) electrons. The highest BCUT2D eigenvalue weighted by molar-refractivity contribution is 5.92. The molecular weight excluding hydrogens is 398 g/mol. The normalized spacial score (nSPS) is 10.3. The van der Waals surface area contributed by atoms with Crippen molar-refractivity contribution < 1.29 is 28.5 Å². The average Bonchev–Trinajstić information content (AvgIpc) is 2.79. The van der Waals surface area contributed by atoms with Crippen molar-refractivity contribution in [1.82, 2.24) is 5.32 Å². The second-order valence-electron chi connectivity index (χ2n) is 6.82. The molecule has 0 aliphatic rings. The Labute approximate surface area is 183 Å².